The summed E-state index contributed by atoms with van der Waals surface area (Å²) in [6, 6.07) is 5.43. The Labute approximate surface area is 84.1 Å². The molecule has 0 atom stereocenters. The van der Waals surface area contributed by atoms with Crippen molar-refractivity contribution >= 4 is 0 Å². The molecule has 0 amide bonds. The standard InChI is InChI=1S/C11H16FNO/c1-9-4-3-5-10(11(9)12)8-13-6-7-14-2/h3-5,13H,6-8H2,1-2H3. The Morgan fingerprint density at radius 1 is 1.43 bits per heavy atom. The van der Waals surface area contributed by atoms with E-state index in [0.717, 1.165) is 6.54 Å². The Balaban J connectivity index is 2.46. The average Bonchev–Trinajstić information content (AvgIpc) is 2.19. The monoisotopic (exact) mass is 197 g/mol. The Hall–Kier alpha value is -0.930. The van der Waals surface area contributed by atoms with Gasteiger partial charge in [-0.1, -0.05) is 18.2 Å². The lowest BCUT2D eigenvalue weighted by molar-refractivity contribution is 0.199. The molecule has 1 aromatic carbocycles. The molecule has 0 aliphatic heterocycles. The molecule has 2 nitrogen and oxygen atoms in total. The molecule has 78 valence electrons. The van der Waals surface area contributed by atoms with Crippen molar-refractivity contribution in [3.05, 3.63) is 35.1 Å². The third-order valence-corrected chi connectivity index (χ3v) is 2.07. The van der Waals surface area contributed by atoms with Gasteiger partial charge in [0.1, 0.15) is 5.82 Å². The molecule has 0 fully saturated rings. The predicted octanol–water partition coefficient (Wildman–Crippen LogP) is 1.87. The maximum Gasteiger partial charge on any atom is 0.130 e. The highest BCUT2D eigenvalue weighted by Gasteiger charge is 2.02. The predicted molar refractivity (Wildman–Crippen MR) is 54.7 cm³/mol. The van der Waals surface area contributed by atoms with Crippen LogP contribution in [0.15, 0.2) is 18.2 Å². The quantitative estimate of drug-likeness (QED) is 0.728. The average molecular weight is 197 g/mol. The van der Waals surface area contributed by atoms with Crippen LogP contribution in [-0.4, -0.2) is 20.3 Å². The molecule has 3 heteroatoms. The summed E-state index contributed by atoms with van der Waals surface area (Å²) in [5.74, 6) is -0.114. The number of rotatable bonds is 5. The van der Waals surface area contributed by atoms with Crippen LogP contribution in [0.25, 0.3) is 0 Å². The molecule has 0 aliphatic carbocycles. The summed E-state index contributed by atoms with van der Waals surface area (Å²) in [7, 11) is 1.65. The van der Waals surface area contributed by atoms with Crippen molar-refractivity contribution in [2.45, 2.75) is 13.5 Å². The van der Waals surface area contributed by atoms with E-state index in [1.54, 1.807) is 26.2 Å². The fraction of sp³-hybridized carbons (Fsp3) is 0.455. The zero-order valence-electron chi connectivity index (χ0n) is 8.64. The second-order valence-corrected chi connectivity index (χ2v) is 3.22. The molecule has 1 aromatic rings. The van der Waals surface area contributed by atoms with E-state index < -0.39 is 0 Å². The van der Waals surface area contributed by atoms with Gasteiger partial charge in [-0.2, -0.15) is 0 Å². The third-order valence-electron chi connectivity index (χ3n) is 2.07. The molecule has 0 spiro atoms. The lowest BCUT2D eigenvalue weighted by Crippen LogP contribution is -2.19. The van der Waals surface area contributed by atoms with Crippen molar-refractivity contribution in [1.29, 1.82) is 0 Å². The smallest absolute Gasteiger partial charge is 0.130 e. The van der Waals surface area contributed by atoms with E-state index in [4.69, 9.17) is 4.74 Å². The van der Waals surface area contributed by atoms with Gasteiger partial charge in [0.15, 0.2) is 0 Å². The van der Waals surface area contributed by atoms with Crippen molar-refractivity contribution in [2.24, 2.45) is 0 Å². The van der Waals surface area contributed by atoms with Crippen LogP contribution in [0, 0.1) is 12.7 Å². The zero-order chi connectivity index (χ0) is 10.4. The van der Waals surface area contributed by atoms with Crippen molar-refractivity contribution in [2.75, 3.05) is 20.3 Å². The Kier molecular flexibility index (Phi) is 4.56. The molecular formula is C11H16FNO. The Morgan fingerprint density at radius 3 is 2.93 bits per heavy atom. The molecule has 1 rings (SSSR count). The molecule has 0 aliphatic rings. The molecule has 0 bridgehead atoms. The number of ether oxygens (including phenoxy) is 1. The van der Waals surface area contributed by atoms with Gasteiger partial charge in [-0.15, -0.1) is 0 Å². The van der Waals surface area contributed by atoms with E-state index in [1.807, 2.05) is 6.07 Å². The summed E-state index contributed by atoms with van der Waals surface area (Å²) < 4.78 is 18.3. The fourth-order valence-electron chi connectivity index (χ4n) is 1.24. The number of benzene rings is 1. The highest BCUT2D eigenvalue weighted by Crippen LogP contribution is 2.11. The van der Waals surface area contributed by atoms with Gasteiger partial charge >= 0.3 is 0 Å². The van der Waals surface area contributed by atoms with Crippen LogP contribution >= 0.6 is 0 Å². The minimum atomic E-state index is -0.114. The van der Waals surface area contributed by atoms with Crippen molar-refractivity contribution in [3.8, 4) is 0 Å². The first kappa shape index (κ1) is 11.1. The summed E-state index contributed by atoms with van der Waals surface area (Å²) in [5.41, 5.74) is 1.40. The van der Waals surface area contributed by atoms with Gasteiger partial charge in [0.25, 0.3) is 0 Å². The molecule has 0 unspecified atom stereocenters. The molecule has 0 heterocycles. The number of halogens is 1. The first-order valence-electron chi connectivity index (χ1n) is 4.69. The summed E-state index contributed by atoms with van der Waals surface area (Å²) in [4.78, 5) is 0. The highest BCUT2D eigenvalue weighted by molar-refractivity contribution is 5.24. The molecule has 0 saturated heterocycles. The van der Waals surface area contributed by atoms with E-state index >= 15 is 0 Å². The lowest BCUT2D eigenvalue weighted by atomic mass is 10.1. The largest absolute Gasteiger partial charge is 0.383 e. The number of nitrogens with one attached hydrogen (secondary N) is 1. The second-order valence-electron chi connectivity index (χ2n) is 3.22. The molecule has 0 radical (unpaired) electrons. The maximum atomic E-state index is 13.4. The van der Waals surface area contributed by atoms with E-state index in [0.29, 0.717) is 24.3 Å². The molecule has 0 saturated carbocycles. The van der Waals surface area contributed by atoms with Crippen LogP contribution in [0.4, 0.5) is 4.39 Å². The Bertz CT molecular complexity index is 289. The van der Waals surface area contributed by atoms with E-state index in [2.05, 4.69) is 5.32 Å². The van der Waals surface area contributed by atoms with E-state index in [9.17, 15) is 4.39 Å². The minimum absolute atomic E-state index is 0.114. The van der Waals surface area contributed by atoms with Crippen LogP contribution in [0.5, 0.6) is 0 Å². The van der Waals surface area contributed by atoms with Gasteiger partial charge in [0.2, 0.25) is 0 Å². The lowest BCUT2D eigenvalue weighted by Gasteiger charge is -2.06. The van der Waals surface area contributed by atoms with E-state index in [1.165, 1.54) is 0 Å². The molecule has 1 N–H and O–H groups in total. The fourth-order valence-corrected chi connectivity index (χ4v) is 1.24. The number of methoxy groups -OCH3 is 1. The van der Waals surface area contributed by atoms with Crippen molar-refractivity contribution in [3.63, 3.8) is 0 Å². The van der Waals surface area contributed by atoms with Gasteiger partial charge in [-0.3, -0.25) is 0 Å². The summed E-state index contributed by atoms with van der Waals surface area (Å²) in [6.45, 7) is 3.71. The molecule has 14 heavy (non-hydrogen) atoms. The normalized spacial score (nSPS) is 10.5. The minimum Gasteiger partial charge on any atom is -0.383 e. The summed E-state index contributed by atoms with van der Waals surface area (Å²) in [6.07, 6.45) is 0. The summed E-state index contributed by atoms with van der Waals surface area (Å²) in [5, 5.41) is 3.11. The van der Waals surface area contributed by atoms with Crippen LogP contribution in [0.2, 0.25) is 0 Å². The first-order valence-corrected chi connectivity index (χ1v) is 4.69. The number of hydrogen-bond acceptors (Lipinski definition) is 2. The van der Waals surface area contributed by atoms with E-state index in [-0.39, 0.29) is 5.82 Å². The zero-order valence-corrected chi connectivity index (χ0v) is 8.64. The SMILES string of the molecule is COCCNCc1cccc(C)c1F. The number of aryl methyl sites for hydroxylation is 1. The topological polar surface area (TPSA) is 21.3 Å². The van der Waals surface area contributed by atoms with Gasteiger partial charge < -0.3 is 10.1 Å². The number of hydrogen-bond donors (Lipinski definition) is 1. The van der Waals surface area contributed by atoms with Gasteiger partial charge in [-0.05, 0) is 12.5 Å². The van der Waals surface area contributed by atoms with Crippen LogP contribution in [0.3, 0.4) is 0 Å². The Morgan fingerprint density at radius 2 is 2.21 bits per heavy atom. The van der Waals surface area contributed by atoms with Crippen LogP contribution in [-0.2, 0) is 11.3 Å². The molecule has 0 aromatic heterocycles. The van der Waals surface area contributed by atoms with Gasteiger partial charge in [0.05, 0.1) is 6.61 Å². The summed E-state index contributed by atoms with van der Waals surface area (Å²) >= 11 is 0. The maximum absolute atomic E-state index is 13.4. The first-order chi connectivity index (χ1) is 6.75. The highest BCUT2D eigenvalue weighted by atomic mass is 19.1. The van der Waals surface area contributed by atoms with Crippen LogP contribution < -0.4 is 5.32 Å². The van der Waals surface area contributed by atoms with Crippen LogP contribution in [0.1, 0.15) is 11.1 Å². The van der Waals surface area contributed by atoms with Crippen molar-refractivity contribution in [1.82, 2.24) is 5.32 Å². The van der Waals surface area contributed by atoms with Gasteiger partial charge in [-0.25, -0.2) is 4.39 Å². The van der Waals surface area contributed by atoms with Gasteiger partial charge in [0, 0.05) is 25.8 Å². The molecular weight excluding hydrogens is 181 g/mol. The van der Waals surface area contributed by atoms with Crippen molar-refractivity contribution < 1.29 is 9.13 Å². The third kappa shape index (κ3) is 3.09. The second kappa shape index (κ2) is 5.73.